The van der Waals surface area contributed by atoms with Gasteiger partial charge in [-0.2, -0.15) is 0 Å². The van der Waals surface area contributed by atoms with Crippen LogP contribution >= 0.6 is 15.6 Å². The summed E-state index contributed by atoms with van der Waals surface area (Å²) >= 11 is 0. The highest BCUT2D eigenvalue weighted by Crippen LogP contribution is 2.45. The number of ether oxygens (including phenoxy) is 4. The first kappa shape index (κ1) is 99.2. The molecule has 0 rings (SSSR count). The molecular weight excluding hydrogens is 1350 g/mol. The Hall–Kier alpha value is -4.80. The van der Waals surface area contributed by atoms with E-state index in [2.05, 4.69) is 137 Å². The van der Waals surface area contributed by atoms with Crippen molar-refractivity contribution in [2.24, 2.45) is 0 Å². The normalized spacial score (nSPS) is 14.6. The molecule has 0 heterocycles. The molecule has 0 aromatic rings. The molecule has 0 aromatic heterocycles. The summed E-state index contributed by atoms with van der Waals surface area (Å²) in [5.74, 6) is -2.33. The summed E-state index contributed by atoms with van der Waals surface area (Å²) in [7, 11) is -10.0. The number of phosphoric acid groups is 2. The van der Waals surface area contributed by atoms with Gasteiger partial charge in [-0.1, -0.05) is 277 Å². The first-order valence-corrected chi connectivity index (χ1v) is 43.4. The number of phosphoric ester groups is 2. The number of hydrogen-bond acceptors (Lipinski definition) is 15. The van der Waals surface area contributed by atoms with Crippen LogP contribution in [0.1, 0.15) is 323 Å². The maximum absolute atomic E-state index is 13.1. The summed E-state index contributed by atoms with van der Waals surface area (Å²) in [5.41, 5.74) is 0. The average molecular weight is 1500 g/mol. The molecule has 0 radical (unpaired) electrons. The first-order valence-electron chi connectivity index (χ1n) is 40.4. The quantitative estimate of drug-likeness (QED) is 0.0128. The van der Waals surface area contributed by atoms with E-state index in [4.69, 9.17) is 37.0 Å². The summed E-state index contributed by atoms with van der Waals surface area (Å²) < 4.78 is 68.5. The van der Waals surface area contributed by atoms with Gasteiger partial charge in [0.15, 0.2) is 12.2 Å². The minimum absolute atomic E-state index is 0.00395. The van der Waals surface area contributed by atoms with E-state index in [0.717, 1.165) is 128 Å². The fourth-order valence-electron chi connectivity index (χ4n) is 10.4. The Bertz CT molecular complexity index is 2490. The molecule has 0 saturated carbocycles. The molecule has 0 fully saturated rings. The maximum atomic E-state index is 13.1. The molecule has 2 unspecified atom stereocenters. The molecule has 0 aliphatic rings. The highest BCUT2D eigenvalue weighted by molar-refractivity contribution is 7.47. The Morgan fingerprint density at radius 1 is 0.279 bits per heavy atom. The molecule has 104 heavy (non-hydrogen) atoms. The number of rotatable bonds is 75. The summed E-state index contributed by atoms with van der Waals surface area (Å²) in [5, 5.41) is 10.6. The summed E-state index contributed by atoms with van der Waals surface area (Å²) in [4.78, 5) is 73.0. The third-order valence-corrected chi connectivity index (χ3v) is 18.5. The molecule has 17 nitrogen and oxygen atoms in total. The zero-order chi connectivity index (χ0) is 76.0. The summed E-state index contributed by atoms with van der Waals surface area (Å²) in [6.45, 7) is 4.65. The van der Waals surface area contributed by atoms with E-state index >= 15 is 0 Å². The molecule has 5 atom stereocenters. The minimum Gasteiger partial charge on any atom is -0.462 e. The van der Waals surface area contributed by atoms with Crippen molar-refractivity contribution in [3.63, 3.8) is 0 Å². The second-order valence-corrected chi connectivity index (χ2v) is 29.6. The highest BCUT2D eigenvalue weighted by atomic mass is 31.2. The van der Waals surface area contributed by atoms with E-state index < -0.39 is 97.5 Å². The molecule has 0 aliphatic heterocycles. The lowest BCUT2D eigenvalue weighted by Crippen LogP contribution is -2.30. The third kappa shape index (κ3) is 75.4. The molecule has 3 N–H and O–H groups in total. The summed E-state index contributed by atoms with van der Waals surface area (Å²) in [6, 6.07) is 0. The van der Waals surface area contributed by atoms with Crippen molar-refractivity contribution in [1.29, 1.82) is 0 Å². The first-order chi connectivity index (χ1) is 50.7. The van der Waals surface area contributed by atoms with Gasteiger partial charge >= 0.3 is 39.5 Å². The van der Waals surface area contributed by atoms with Crippen molar-refractivity contribution in [1.82, 2.24) is 0 Å². The number of esters is 4. The Morgan fingerprint density at radius 2 is 0.510 bits per heavy atom. The zero-order valence-corrected chi connectivity index (χ0v) is 66.9. The van der Waals surface area contributed by atoms with Gasteiger partial charge in [-0.25, -0.2) is 9.13 Å². The van der Waals surface area contributed by atoms with Gasteiger partial charge in [-0.3, -0.25) is 37.3 Å². The van der Waals surface area contributed by atoms with Gasteiger partial charge < -0.3 is 33.8 Å². The molecule has 0 spiro atoms. The lowest BCUT2D eigenvalue weighted by atomic mass is 10.1. The fourth-order valence-corrected chi connectivity index (χ4v) is 11.9. The lowest BCUT2D eigenvalue weighted by molar-refractivity contribution is -0.161. The van der Waals surface area contributed by atoms with Crippen molar-refractivity contribution >= 4 is 39.5 Å². The predicted octanol–water partition coefficient (Wildman–Crippen LogP) is 23.7. The van der Waals surface area contributed by atoms with Crippen LogP contribution in [0.25, 0.3) is 0 Å². The average Bonchev–Trinajstić information content (AvgIpc) is 0.926. The number of carbonyl (C=O) groups excluding carboxylic acids is 4. The molecule has 0 aromatic carbocycles. The van der Waals surface area contributed by atoms with Crippen LogP contribution in [0, 0.1) is 0 Å². The standard InChI is InChI=1S/C85H144O17P2/c1-5-9-13-17-21-25-29-33-37-39-43-46-50-54-58-62-66-70-83(88)96-76-81(102-85(90)72-68-64-60-56-52-48-44-40-38-34-30-26-22-18-14-10-6-2)78-100-104(93,94)98-74-79(86)73-97-103(91,92)99-77-80(101-84(89)71-67-63-59-55-51-47-42-36-32-28-24-20-16-12-8-4)75-95-82(87)69-65-61-57-53-49-45-41-35-31-27-23-19-15-11-7-3/h21-22,25-27,31,33-38,41-44,46,48,54,56,58,60,79-81,86H,5-20,23-24,28-30,32,39-40,45,47,49-53,55,57,59,61-78H2,1-4H3,(H,91,92)(H,93,94)/b25-21-,26-22-,31-27-,37-33-,38-34-,41-35-,42-36-,46-43-,48-44-,58-54-,60-56-/t79-,80+,81+/m0/s1. The Kier molecular flexibility index (Phi) is 72.9. The molecule has 0 saturated heterocycles. The second-order valence-electron chi connectivity index (χ2n) is 26.7. The fraction of sp³-hybridized carbons (Fsp3) is 0.694. The van der Waals surface area contributed by atoms with Crippen LogP contribution in [-0.4, -0.2) is 96.7 Å². The van der Waals surface area contributed by atoms with Crippen molar-refractivity contribution in [2.45, 2.75) is 341 Å². The predicted molar refractivity (Wildman–Crippen MR) is 427 cm³/mol. The molecule has 0 bridgehead atoms. The topological polar surface area (TPSA) is 237 Å². The van der Waals surface area contributed by atoms with Crippen LogP contribution < -0.4 is 0 Å². The largest absolute Gasteiger partial charge is 0.472 e. The van der Waals surface area contributed by atoms with E-state index in [9.17, 15) is 43.2 Å². The molecular formula is C85H144O17P2. The summed E-state index contributed by atoms with van der Waals surface area (Å²) in [6.07, 6.45) is 85.8. The van der Waals surface area contributed by atoms with Gasteiger partial charge in [0, 0.05) is 25.7 Å². The van der Waals surface area contributed by atoms with Crippen molar-refractivity contribution < 1.29 is 80.2 Å². The van der Waals surface area contributed by atoms with Gasteiger partial charge in [-0.05, 0) is 154 Å². The van der Waals surface area contributed by atoms with E-state index in [-0.39, 0.29) is 25.7 Å². The van der Waals surface area contributed by atoms with E-state index in [1.165, 1.54) is 103 Å². The Labute approximate surface area is 631 Å². The number of hydrogen-bond donors (Lipinski definition) is 3. The van der Waals surface area contributed by atoms with E-state index in [1.54, 1.807) is 0 Å². The monoisotopic (exact) mass is 1500 g/mol. The van der Waals surface area contributed by atoms with Crippen molar-refractivity contribution in [3.8, 4) is 0 Å². The van der Waals surface area contributed by atoms with Gasteiger partial charge in [-0.15, -0.1) is 0 Å². The van der Waals surface area contributed by atoms with Crippen LogP contribution in [-0.2, 0) is 65.4 Å². The van der Waals surface area contributed by atoms with Crippen molar-refractivity contribution in [2.75, 3.05) is 39.6 Å². The zero-order valence-electron chi connectivity index (χ0n) is 65.2. The van der Waals surface area contributed by atoms with Gasteiger partial charge in [0.2, 0.25) is 0 Å². The molecule has 596 valence electrons. The number of carbonyl (C=O) groups is 4. The third-order valence-electron chi connectivity index (χ3n) is 16.6. The number of aliphatic hydroxyl groups excluding tert-OH is 1. The van der Waals surface area contributed by atoms with Crippen LogP contribution in [0.2, 0.25) is 0 Å². The van der Waals surface area contributed by atoms with E-state index in [0.29, 0.717) is 38.5 Å². The second kappa shape index (κ2) is 76.4. The SMILES string of the molecule is CCCCC/C=C\C/C=C\C/C=C\C/C=C\CCCC(=O)OC[C@H](COP(=O)(O)OC[C@@H](O)COP(=O)(O)OC[C@@H](COC(=O)CCCCCCC/C=C\C=C/CCCCCC)OC(=O)CCCCCCC/C=C\CCCCCCCC)OC(=O)CCC/C=C\C/C=C\C/C=C\C/C=C\CCCCC. The molecule has 0 amide bonds. The van der Waals surface area contributed by atoms with Crippen LogP contribution in [0.4, 0.5) is 0 Å². The lowest BCUT2D eigenvalue weighted by Gasteiger charge is -2.21. The van der Waals surface area contributed by atoms with Gasteiger partial charge in [0.25, 0.3) is 0 Å². The Balaban J connectivity index is 5.49. The number of allylic oxidation sites excluding steroid dienone is 22. The van der Waals surface area contributed by atoms with Crippen LogP contribution in [0.15, 0.2) is 134 Å². The minimum atomic E-state index is -5.01. The van der Waals surface area contributed by atoms with Crippen molar-refractivity contribution in [3.05, 3.63) is 134 Å². The molecule has 19 heteroatoms. The smallest absolute Gasteiger partial charge is 0.462 e. The maximum Gasteiger partial charge on any atom is 0.472 e. The van der Waals surface area contributed by atoms with Crippen LogP contribution in [0.3, 0.4) is 0 Å². The number of unbranched alkanes of at least 4 members (excludes halogenated alkanes) is 28. The Morgan fingerprint density at radius 3 is 0.865 bits per heavy atom. The molecule has 0 aliphatic carbocycles. The number of aliphatic hydroxyl groups is 1. The van der Waals surface area contributed by atoms with Gasteiger partial charge in [0.05, 0.1) is 26.4 Å². The van der Waals surface area contributed by atoms with E-state index in [1.807, 2.05) is 24.3 Å². The highest BCUT2D eigenvalue weighted by Gasteiger charge is 2.30. The van der Waals surface area contributed by atoms with Gasteiger partial charge in [0.1, 0.15) is 19.3 Å². The van der Waals surface area contributed by atoms with Crippen LogP contribution in [0.5, 0.6) is 0 Å².